The molecule has 1 saturated carbocycles. The second-order valence-corrected chi connectivity index (χ2v) is 7.09. The summed E-state index contributed by atoms with van der Waals surface area (Å²) in [5.41, 5.74) is 0.333. The Labute approximate surface area is 119 Å². The van der Waals surface area contributed by atoms with E-state index in [0.717, 1.165) is 22.4 Å². The molecule has 0 bridgehead atoms. The highest BCUT2D eigenvalue weighted by Gasteiger charge is 2.33. The molecule has 0 unspecified atom stereocenters. The van der Waals surface area contributed by atoms with Crippen LogP contribution in [0.1, 0.15) is 37.1 Å². The van der Waals surface area contributed by atoms with Crippen LogP contribution < -0.4 is 5.32 Å². The summed E-state index contributed by atoms with van der Waals surface area (Å²) in [7, 11) is 4.40. The van der Waals surface area contributed by atoms with Crippen LogP contribution in [0.4, 0.5) is 0 Å². The van der Waals surface area contributed by atoms with Crippen molar-refractivity contribution in [1.29, 1.82) is 0 Å². The third kappa shape index (κ3) is 3.44. The Balaban J connectivity index is 1.86. The average Bonchev–Trinajstić information content (AvgIpc) is 2.76. The third-order valence-corrected chi connectivity index (χ3v) is 5.10. The van der Waals surface area contributed by atoms with Gasteiger partial charge in [0.05, 0.1) is 6.20 Å². The van der Waals surface area contributed by atoms with E-state index in [9.17, 15) is 0 Å². The Bertz CT molecular complexity index is 372. The Kier molecular flexibility index (Phi) is 5.01. The SMILES string of the molecule is CN(C)C1(CNCc2ncc(Cl)s2)CCCCC1. The minimum atomic E-state index is 0.333. The van der Waals surface area contributed by atoms with E-state index < -0.39 is 0 Å². The summed E-state index contributed by atoms with van der Waals surface area (Å²) in [6.07, 6.45) is 8.41. The zero-order chi connectivity index (χ0) is 13.0. The topological polar surface area (TPSA) is 28.2 Å². The first-order valence-electron chi connectivity index (χ1n) is 6.61. The van der Waals surface area contributed by atoms with E-state index in [1.54, 1.807) is 17.5 Å². The fourth-order valence-corrected chi connectivity index (χ4v) is 3.69. The lowest BCUT2D eigenvalue weighted by molar-refractivity contribution is 0.0984. The van der Waals surface area contributed by atoms with E-state index in [0.29, 0.717) is 5.54 Å². The molecule has 0 saturated heterocycles. The number of hydrogen-bond donors (Lipinski definition) is 1. The number of aromatic nitrogens is 1. The molecule has 0 amide bonds. The molecule has 1 heterocycles. The van der Waals surface area contributed by atoms with Crippen molar-refractivity contribution in [3.05, 3.63) is 15.5 Å². The molecule has 5 heteroatoms. The first-order valence-corrected chi connectivity index (χ1v) is 7.80. The largest absolute Gasteiger partial charge is 0.309 e. The molecule has 0 aliphatic heterocycles. The highest BCUT2D eigenvalue weighted by atomic mass is 35.5. The predicted octanol–water partition coefficient (Wildman–Crippen LogP) is 3.15. The van der Waals surface area contributed by atoms with Crippen LogP contribution in [-0.4, -0.2) is 36.1 Å². The maximum absolute atomic E-state index is 5.89. The number of nitrogens with one attached hydrogen (secondary N) is 1. The molecule has 1 N–H and O–H groups in total. The van der Waals surface area contributed by atoms with Crippen LogP contribution >= 0.6 is 22.9 Å². The van der Waals surface area contributed by atoms with Gasteiger partial charge in [-0.15, -0.1) is 11.3 Å². The molecular formula is C13H22ClN3S. The lowest BCUT2D eigenvalue weighted by Crippen LogP contribution is -2.52. The average molecular weight is 288 g/mol. The molecule has 1 aliphatic carbocycles. The van der Waals surface area contributed by atoms with Crippen LogP contribution in [0, 0.1) is 0 Å². The molecule has 102 valence electrons. The first-order chi connectivity index (χ1) is 8.62. The molecule has 1 fully saturated rings. The van der Waals surface area contributed by atoms with E-state index in [4.69, 9.17) is 11.6 Å². The summed E-state index contributed by atoms with van der Waals surface area (Å²) in [5.74, 6) is 0. The Hall–Kier alpha value is -0.160. The molecule has 0 spiro atoms. The van der Waals surface area contributed by atoms with Gasteiger partial charge in [-0.25, -0.2) is 4.98 Å². The van der Waals surface area contributed by atoms with Crippen molar-refractivity contribution in [2.75, 3.05) is 20.6 Å². The Morgan fingerprint density at radius 1 is 1.39 bits per heavy atom. The second kappa shape index (κ2) is 6.33. The van der Waals surface area contributed by atoms with Gasteiger partial charge >= 0.3 is 0 Å². The summed E-state index contributed by atoms with van der Waals surface area (Å²) in [5, 5.41) is 4.63. The quantitative estimate of drug-likeness (QED) is 0.902. The molecule has 1 aromatic heterocycles. The molecule has 1 aliphatic rings. The molecule has 3 nitrogen and oxygen atoms in total. The van der Waals surface area contributed by atoms with Crippen LogP contribution in [0.3, 0.4) is 0 Å². The number of thiazole rings is 1. The summed E-state index contributed by atoms with van der Waals surface area (Å²) in [6, 6.07) is 0. The van der Waals surface area contributed by atoms with Crippen LogP contribution in [0.2, 0.25) is 4.34 Å². The van der Waals surface area contributed by atoms with Crippen molar-refractivity contribution in [3.63, 3.8) is 0 Å². The van der Waals surface area contributed by atoms with Gasteiger partial charge in [0.15, 0.2) is 0 Å². The van der Waals surface area contributed by atoms with E-state index >= 15 is 0 Å². The van der Waals surface area contributed by atoms with Crippen molar-refractivity contribution >= 4 is 22.9 Å². The van der Waals surface area contributed by atoms with Crippen molar-refractivity contribution < 1.29 is 0 Å². The second-order valence-electron chi connectivity index (χ2n) is 5.34. The lowest BCUT2D eigenvalue weighted by atomic mass is 9.80. The van der Waals surface area contributed by atoms with Gasteiger partial charge in [0, 0.05) is 18.6 Å². The highest BCUT2D eigenvalue weighted by Crippen LogP contribution is 2.31. The van der Waals surface area contributed by atoms with Crippen molar-refractivity contribution in [2.45, 2.75) is 44.2 Å². The summed E-state index contributed by atoms with van der Waals surface area (Å²) >= 11 is 7.45. The fraction of sp³-hybridized carbons (Fsp3) is 0.769. The number of halogens is 1. The Morgan fingerprint density at radius 2 is 2.11 bits per heavy atom. The lowest BCUT2D eigenvalue weighted by Gasteiger charge is -2.43. The fourth-order valence-electron chi connectivity index (χ4n) is 2.76. The molecule has 0 aromatic carbocycles. The van der Waals surface area contributed by atoms with Crippen molar-refractivity contribution in [1.82, 2.24) is 15.2 Å². The molecule has 2 rings (SSSR count). The van der Waals surface area contributed by atoms with Crippen LogP contribution in [0.5, 0.6) is 0 Å². The van der Waals surface area contributed by atoms with Gasteiger partial charge in [0.1, 0.15) is 9.34 Å². The van der Waals surface area contributed by atoms with Gasteiger partial charge in [-0.05, 0) is 26.9 Å². The van der Waals surface area contributed by atoms with Crippen LogP contribution in [0.25, 0.3) is 0 Å². The van der Waals surface area contributed by atoms with Crippen LogP contribution in [-0.2, 0) is 6.54 Å². The predicted molar refractivity (Wildman–Crippen MR) is 78.3 cm³/mol. The smallest absolute Gasteiger partial charge is 0.113 e. The number of hydrogen-bond acceptors (Lipinski definition) is 4. The summed E-state index contributed by atoms with van der Waals surface area (Å²) in [6.45, 7) is 1.87. The van der Waals surface area contributed by atoms with Crippen LogP contribution in [0.15, 0.2) is 6.20 Å². The van der Waals surface area contributed by atoms with E-state index in [1.165, 1.54) is 32.1 Å². The molecule has 18 heavy (non-hydrogen) atoms. The monoisotopic (exact) mass is 287 g/mol. The molecule has 0 atom stereocenters. The maximum Gasteiger partial charge on any atom is 0.113 e. The third-order valence-electron chi connectivity index (χ3n) is 3.99. The zero-order valence-electron chi connectivity index (χ0n) is 11.2. The summed E-state index contributed by atoms with van der Waals surface area (Å²) < 4.78 is 0.770. The minimum absolute atomic E-state index is 0.333. The van der Waals surface area contributed by atoms with E-state index in [1.807, 2.05) is 0 Å². The first kappa shape index (κ1) is 14.3. The number of likely N-dealkylation sites (N-methyl/N-ethyl adjacent to an activating group) is 1. The molecular weight excluding hydrogens is 266 g/mol. The Morgan fingerprint density at radius 3 is 2.67 bits per heavy atom. The number of rotatable bonds is 5. The van der Waals surface area contributed by atoms with Gasteiger partial charge in [0.25, 0.3) is 0 Å². The van der Waals surface area contributed by atoms with Gasteiger partial charge in [-0.3, -0.25) is 0 Å². The summed E-state index contributed by atoms with van der Waals surface area (Å²) in [4.78, 5) is 6.67. The van der Waals surface area contributed by atoms with Gasteiger partial charge in [-0.2, -0.15) is 0 Å². The van der Waals surface area contributed by atoms with Crippen molar-refractivity contribution in [2.24, 2.45) is 0 Å². The van der Waals surface area contributed by atoms with Gasteiger partial charge in [0.2, 0.25) is 0 Å². The van der Waals surface area contributed by atoms with Crippen molar-refractivity contribution in [3.8, 4) is 0 Å². The maximum atomic E-state index is 5.89. The standard InChI is InChI=1S/C13H22ClN3S/c1-17(2)13(6-4-3-5-7-13)10-15-9-12-16-8-11(14)18-12/h8,15H,3-7,9-10H2,1-2H3. The minimum Gasteiger partial charge on any atom is -0.309 e. The zero-order valence-corrected chi connectivity index (χ0v) is 12.8. The van der Waals surface area contributed by atoms with E-state index in [2.05, 4.69) is 29.3 Å². The normalized spacial score (nSPS) is 19.3. The van der Waals surface area contributed by atoms with Gasteiger partial charge < -0.3 is 10.2 Å². The molecule has 1 aromatic rings. The molecule has 0 radical (unpaired) electrons. The number of nitrogens with zero attached hydrogens (tertiary/aromatic N) is 2. The van der Waals surface area contributed by atoms with E-state index in [-0.39, 0.29) is 0 Å². The van der Waals surface area contributed by atoms with Gasteiger partial charge in [-0.1, -0.05) is 30.9 Å². The highest BCUT2D eigenvalue weighted by molar-refractivity contribution is 7.15.